The number of nitrogens with zero attached hydrogens (tertiary/aromatic N) is 3. The zero-order valence-electron chi connectivity index (χ0n) is 19.9. The average molecular weight is 601 g/mol. The highest BCUT2D eigenvalue weighted by atomic mass is 79.9. The van der Waals surface area contributed by atoms with E-state index in [1.807, 2.05) is 12.1 Å². The molecule has 1 aliphatic rings. The zero-order valence-corrected chi connectivity index (χ0v) is 23.2. The first-order chi connectivity index (χ1) is 17.9. The molecule has 1 aliphatic heterocycles. The molecule has 0 aliphatic carbocycles. The largest absolute Gasteiger partial charge is 0.351 e. The van der Waals surface area contributed by atoms with Gasteiger partial charge in [-0.25, -0.2) is 13.4 Å². The molecule has 2 N–H and O–H groups in total. The number of nitrogens with one attached hydrogen (secondary N) is 2. The lowest BCUT2D eigenvalue weighted by Gasteiger charge is -2.34. The number of thiazole rings is 1. The molecule has 0 bridgehead atoms. The summed E-state index contributed by atoms with van der Waals surface area (Å²) in [7, 11) is -3.67. The van der Waals surface area contributed by atoms with Gasteiger partial charge in [0.15, 0.2) is 5.13 Å². The first kappa shape index (κ1) is 25.7. The number of carbonyl (C=O) groups is 1. The molecule has 3 aromatic carbocycles. The third-order valence-corrected chi connectivity index (χ3v) is 9.12. The van der Waals surface area contributed by atoms with Crippen LogP contribution in [0, 0.1) is 0 Å². The second kappa shape index (κ2) is 11.2. The van der Waals surface area contributed by atoms with Gasteiger partial charge in [-0.15, -0.1) is 0 Å². The van der Waals surface area contributed by atoms with E-state index in [4.69, 9.17) is 4.98 Å². The molecular formula is C26H26BrN5O3S2. The highest BCUT2D eigenvalue weighted by Gasteiger charge is 2.20. The van der Waals surface area contributed by atoms with E-state index in [9.17, 15) is 13.2 Å². The maximum absolute atomic E-state index is 12.6. The Labute approximate surface area is 228 Å². The minimum absolute atomic E-state index is 0.184. The molecule has 1 amide bonds. The van der Waals surface area contributed by atoms with Gasteiger partial charge in [0.1, 0.15) is 0 Å². The summed E-state index contributed by atoms with van der Waals surface area (Å²) in [4.78, 5) is 22.2. The van der Waals surface area contributed by atoms with Gasteiger partial charge in [-0.1, -0.05) is 45.5 Å². The van der Waals surface area contributed by atoms with E-state index in [-0.39, 0.29) is 10.8 Å². The summed E-state index contributed by atoms with van der Waals surface area (Å²) in [5, 5.41) is 4.01. The van der Waals surface area contributed by atoms with E-state index in [0.29, 0.717) is 17.8 Å². The van der Waals surface area contributed by atoms with E-state index in [2.05, 4.69) is 41.8 Å². The van der Waals surface area contributed by atoms with Crippen molar-refractivity contribution in [2.24, 2.45) is 0 Å². The van der Waals surface area contributed by atoms with Crippen LogP contribution in [-0.4, -0.2) is 63.5 Å². The van der Waals surface area contributed by atoms with Gasteiger partial charge in [-0.05, 0) is 54.6 Å². The molecule has 1 saturated heterocycles. The number of halogens is 1. The SMILES string of the molecule is O=C(NCCN1CCN(c2nc3ccc(Br)cc3s2)CC1)c1ccc(NS(=O)(=O)c2ccccc2)cc1. The highest BCUT2D eigenvalue weighted by Crippen LogP contribution is 2.31. The zero-order chi connectivity index (χ0) is 25.8. The summed E-state index contributed by atoms with van der Waals surface area (Å²) in [6.07, 6.45) is 0. The molecule has 0 unspecified atom stereocenters. The Morgan fingerprint density at radius 3 is 2.43 bits per heavy atom. The lowest BCUT2D eigenvalue weighted by atomic mass is 10.2. The van der Waals surface area contributed by atoms with Crippen LogP contribution in [0.4, 0.5) is 10.8 Å². The molecule has 0 radical (unpaired) electrons. The fourth-order valence-electron chi connectivity index (χ4n) is 4.12. The van der Waals surface area contributed by atoms with Crippen molar-refractivity contribution < 1.29 is 13.2 Å². The second-order valence-electron chi connectivity index (χ2n) is 8.69. The lowest BCUT2D eigenvalue weighted by molar-refractivity contribution is 0.0948. The molecule has 4 aromatic rings. The molecule has 0 atom stereocenters. The molecule has 0 spiro atoms. The molecule has 192 valence electrons. The number of piperazine rings is 1. The molecule has 8 nitrogen and oxygen atoms in total. The van der Waals surface area contributed by atoms with Crippen molar-refractivity contribution in [2.45, 2.75) is 4.90 Å². The quantitative estimate of drug-likeness (QED) is 0.311. The Morgan fingerprint density at radius 1 is 0.973 bits per heavy atom. The second-order valence-corrected chi connectivity index (χ2v) is 12.3. The molecule has 1 aromatic heterocycles. The maximum atomic E-state index is 12.6. The van der Waals surface area contributed by atoms with Crippen LogP contribution in [0.3, 0.4) is 0 Å². The summed E-state index contributed by atoms with van der Waals surface area (Å²) >= 11 is 5.23. The highest BCUT2D eigenvalue weighted by molar-refractivity contribution is 9.10. The summed E-state index contributed by atoms with van der Waals surface area (Å²) < 4.78 is 29.7. The van der Waals surface area contributed by atoms with E-state index in [1.165, 1.54) is 16.8 Å². The number of amides is 1. The van der Waals surface area contributed by atoms with Gasteiger partial charge in [0, 0.05) is 55.0 Å². The van der Waals surface area contributed by atoms with E-state index >= 15 is 0 Å². The number of fused-ring (bicyclic) bond motifs is 1. The van der Waals surface area contributed by atoms with Crippen molar-refractivity contribution in [3.8, 4) is 0 Å². The van der Waals surface area contributed by atoms with Gasteiger partial charge in [-0.3, -0.25) is 14.4 Å². The molecule has 11 heteroatoms. The number of aromatic nitrogens is 1. The number of sulfonamides is 1. The number of rotatable bonds is 8. The summed E-state index contributed by atoms with van der Waals surface area (Å²) in [5.74, 6) is -0.184. The van der Waals surface area contributed by atoms with Crippen molar-refractivity contribution >= 4 is 64.2 Å². The van der Waals surface area contributed by atoms with Crippen LogP contribution in [0.25, 0.3) is 10.2 Å². The van der Waals surface area contributed by atoms with Crippen molar-refractivity contribution in [1.82, 2.24) is 15.2 Å². The number of benzene rings is 3. The van der Waals surface area contributed by atoms with Gasteiger partial charge < -0.3 is 10.2 Å². The molecule has 1 fully saturated rings. The summed E-state index contributed by atoms with van der Waals surface area (Å²) in [5.41, 5.74) is 1.91. The summed E-state index contributed by atoms with van der Waals surface area (Å²) in [6.45, 7) is 4.92. The van der Waals surface area contributed by atoms with Gasteiger partial charge in [-0.2, -0.15) is 0 Å². The number of hydrogen-bond acceptors (Lipinski definition) is 7. The van der Waals surface area contributed by atoms with Crippen molar-refractivity contribution in [2.75, 3.05) is 48.9 Å². The average Bonchev–Trinajstić information content (AvgIpc) is 3.33. The van der Waals surface area contributed by atoms with Crippen LogP contribution in [0.15, 0.2) is 82.2 Å². The van der Waals surface area contributed by atoms with Crippen LogP contribution in [-0.2, 0) is 10.0 Å². The normalized spacial score (nSPS) is 14.6. The Hall–Kier alpha value is -2.99. The fraction of sp³-hybridized carbons (Fsp3) is 0.231. The fourth-order valence-corrected chi connectivity index (χ4v) is 6.77. The van der Waals surface area contributed by atoms with Crippen LogP contribution < -0.4 is 14.9 Å². The Bertz CT molecular complexity index is 1490. The van der Waals surface area contributed by atoms with Crippen LogP contribution in [0.1, 0.15) is 10.4 Å². The summed E-state index contributed by atoms with van der Waals surface area (Å²) in [6, 6.07) is 20.7. The van der Waals surface area contributed by atoms with E-state index in [1.54, 1.807) is 53.8 Å². The van der Waals surface area contributed by atoms with Gasteiger partial charge in [0.25, 0.3) is 15.9 Å². The molecule has 37 heavy (non-hydrogen) atoms. The van der Waals surface area contributed by atoms with Gasteiger partial charge >= 0.3 is 0 Å². The van der Waals surface area contributed by atoms with Gasteiger partial charge in [0.2, 0.25) is 0 Å². The molecule has 0 saturated carbocycles. The molecule has 2 heterocycles. The predicted octanol–water partition coefficient (Wildman–Crippen LogP) is 4.41. The van der Waals surface area contributed by atoms with E-state index < -0.39 is 10.0 Å². The van der Waals surface area contributed by atoms with Crippen molar-refractivity contribution in [3.05, 3.63) is 82.8 Å². The third-order valence-electron chi connectivity index (χ3n) is 6.15. The minimum atomic E-state index is -3.67. The topological polar surface area (TPSA) is 94.6 Å². The number of hydrogen-bond donors (Lipinski definition) is 2. The number of carbonyl (C=O) groups excluding carboxylic acids is 1. The predicted molar refractivity (Wildman–Crippen MR) is 152 cm³/mol. The molecular weight excluding hydrogens is 574 g/mol. The Balaban J connectivity index is 1.07. The van der Waals surface area contributed by atoms with Crippen molar-refractivity contribution in [3.63, 3.8) is 0 Å². The third kappa shape index (κ3) is 6.30. The Kier molecular flexibility index (Phi) is 7.75. The van der Waals surface area contributed by atoms with Crippen molar-refractivity contribution in [1.29, 1.82) is 0 Å². The van der Waals surface area contributed by atoms with Crippen LogP contribution in [0.2, 0.25) is 0 Å². The minimum Gasteiger partial charge on any atom is -0.351 e. The van der Waals surface area contributed by atoms with Crippen LogP contribution >= 0.6 is 27.3 Å². The van der Waals surface area contributed by atoms with Gasteiger partial charge in [0.05, 0.1) is 15.1 Å². The first-order valence-corrected chi connectivity index (χ1v) is 15.0. The van der Waals surface area contributed by atoms with Crippen LogP contribution in [0.5, 0.6) is 0 Å². The first-order valence-electron chi connectivity index (χ1n) is 11.9. The maximum Gasteiger partial charge on any atom is 0.261 e. The molecule has 5 rings (SSSR count). The number of anilines is 2. The smallest absolute Gasteiger partial charge is 0.261 e. The Morgan fingerprint density at radius 2 is 1.70 bits per heavy atom. The lowest BCUT2D eigenvalue weighted by Crippen LogP contribution is -2.48. The van der Waals surface area contributed by atoms with E-state index in [0.717, 1.165) is 47.8 Å². The monoisotopic (exact) mass is 599 g/mol. The standard InChI is InChI=1S/C26H26BrN5O3S2/c27-20-8-11-23-24(18-20)36-26(29-23)32-16-14-31(15-17-32)13-12-28-25(33)19-6-9-21(10-7-19)30-37(34,35)22-4-2-1-3-5-22/h1-11,18,30H,12-17H2,(H,28,33).